The van der Waals surface area contributed by atoms with Crippen LogP contribution in [0.2, 0.25) is 0 Å². The molecular weight excluding hydrogens is 252 g/mol. The summed E-state index contributed by atoms with van der Waals surface area (Å²) in [6.07, 6.45) is 4.08. The molecular formula is C16H18N2O2. The average Bonchev–Trinajstić information content (AvgIpc) is 2.80. The van der Waals surface area contributed by atoms with Crippen LogP contribution >= 0.6 is 0 Å². The van der Waals surface area contributed by atoms with Gasteiger partial charge in [0.25, 0.3) is 0 Å². The molecule has 0 saturated carbocycles. The SMILES string of the molecule is CCn1ccn(Cc2cccc(C#CCCO)c2)c1=O. The van der Waals surface area contributed by atoms with Crippen molar-refractivity contribution in [2.45, 2.75) is 26.4 Å². The van der Waals surface area contributed by atoms with Gasteiger partial charge < -0.3 is 5.11 Å². The van der Waals surface area contributed by atoms with Crippen molar-refractivity contribution in [2.75, 3.05) is 6.61 Å². The number of rotatable bonds is 4. The molecule has 0 bridgehead atoms. The normalized spacial score (nSPS) is 10.1. The topological polar surface area (TPSA) is 47.2 Å². The molecule has 104 valence electrons. The van der Waals surface area contributed by atoms with Crippen LogP contribution < -0.4 is 5.69 Å². The highest BCUT2D eigenvalue weighted by atomic mass is 16.2. The molecule has 2 rings (SSSR count). The van der Waals surface area contributed by atoms with E-state index < -0.39 is 0 Å². The van der Waals surface area contributed by atoms with Gasteiger partial charge in [0.05, 0.1) is 13.2 Å². The fraction of sp³-hybridized carbons (Fsp3) is 0.312. The molecule has 0 aliphatic heterocycles. The van der Waals surface area contributed by atoms with Crippen molar-refractivity contribution in [3.05, 3.63) is 58.3 Å². The molecule has 1 aromatic carbocycles. The monoisotopic (exact) mass is 270 g/mol. The Morgan fingerprint density at radius 2 is 2.05 bits per heavy atom. The van der Waals surface area contributed by atoms with Crippen LogP contribution in [0, 0.1) is 11.8 Å². The maximum Gasteiger partial charge on any atom is 0.328 e. The standard InChI is InChI=1S/C16H18N2O2/c1-2-17-9-10-18(16(17)20)13-15-8-5-7-14(12-15)6-3-4-11-19/h5,7-10,12,19H,2,4,11,13H2,1H3. The van der Waals surface area contributed by atoms with Gasteiger partial charge in [0.1, 0.15) is 0 Å². The largest absolute Gasteiger partial charge is 0.395 e. The van der Waals surface area contributed by atoms with Gasteiger partial charge in [-0.15, -0.1) is 0 Å². The van der Waals surface area contributed by atoms with E-state index in [0.29, 0.717) is 19.5 Å². The first-order valence-corrected chi connectivity index (χ1v) is 6.69. The molecule has 20 heavy (non-hydrogen) atoms. The summed E-state index contributed by atoms with van der Waals surface area (Å²) in [4.78, 5) is 12.0. The smallest absolute Gasteiger partial charge is 0.328 e. The van der Waals surface area contributed by atoms with E-state index in [0.717, 1.165) is 11.1 Å². The van der Waals surface area contributed by atoms with E-state index in [-0.39, 0.29) is 12.3 Å². The molecule has 4 heteroatoms. The van der Waals surface area contributed by atoms with Crippen LogP contribution in [0.25, 0.3) is 0 Å². The number of hydrogen-bond acceptors (Lipinski definition) is 2. The second-order valence-electron chi connectivity index (χ2n) is 4.47. The summed E-state index contributed by atoms with van der Waals surface area (Å²) in [7, 11) is 0. The number of aromatic nitrogens is 2. The van der Waals surface area contributed by atoms with Crippen molar-refractivity contribution in [2.24, 2.45) is 0 Å². The molecule has 0 atom stereocenters. The fourth-order valence-corrected chi connectivity index (χ4v) is 1.98. The Morgan fingerprint density at radius 3 is 2.75 bits per heavy atom. The molecule has 0 spiro atoms. The highest BCUT2D eigenvalue weighted by molar-refractivity contribution is 5.37. The van der Waals surface area contributed by atoms with Crippen LogP contribution in [0.15, 0.2) is 41.5 Å². The summed E-state index contributed by atoms with van der Waals surface area (Å²) in [5.74, 6) is 5.89. The van der Waals surface area contributed by atoms with Gasteiger partial charge in [-0.3, -0.25) is 9.13 Å². The predicted octanol–water partition coefficient (Wildman–Crippen LogP) is 1.45. The molecule has 1 N–H and O–H groups in total. The van der Waals surface area contributed by atoms with Crippen LogP contribution in [0.4, 0.5) is 0 Å². The third-order valence-electron chi connectivity index (χ3n) is 3.01. The van der Waals surface area contributed by atoms with Crippen LogP contribution in [-0.4, -0.2) is 20.8 Å². The first-order chi connectivity index (χ1) is 9.74. The minimum absolute atomic E-state index is 0.00395. The molecule has 0 saturated heterocycles. The van der Waals surface area contributed by atoms with Gasteiger partial charge in [-0.05, 0) is 24.6 Å². The molecule has 1 heterocycles. The van der Waals surface area contributed by atoms with Gasteiger partial charge in [-0.2, -0.15) is 0 Å². The van der Waals surface area contributed by atoms with E-state index in [1.807, 2.05) is 31.2 Å². The summed E-state index contributed by atoms with van der Waals surface area (Å²) in [5, 5.41) is 8.71. The zero-order valence-electron chi connectivity index (χ0n) is 11.5. The number of hydrogen-bond donors (Lipinski definition) is 1. The van der Waals surface area contributed by atoms with Crippen molar-refractivity contribution in [3.8, 4) is 11.8 Å². The van der Waals surface area contributed by atoms with Crippen molar-refractivity contribution in [1.29, 1.82) is 0 Å². The number of benzene rings is 1. The third-order valence-corrected chi connectivity index (χ3v) is 3.01. The average molecular weight is 270 g/mol. The summed E-state index contributed by atoms with van der Waals surface area (Å²) >= 11 is 0. The molecule has 0 radical (unpaired) electrons. The first kappa shape index (κ1) is 14.2. The minimum atomic E-state index is 0.00395. The zero-order chi connectivity index (χ0) is 14.4. The van der Waals surface area contributed by atoms with Gasteiger partial charge >= 0.3 is 5.69 Å². The fourth-order valence-electron chi connectivity index (χ4n) is 1.98. The van der Waals surface area contributed by atoms with E-state index in [1.165, 1.54) is 0 Å². The first-order valence-electron chi connectivity index (χ1n) is 6.69. The number of nitrogens with zero attached hydrogens (tertiary/aromatic N) is 2. The Kier molecular flexibility index (Phi) is 4.80. The van der Waals surface area contributed by atoms with Gasteiger partial charge in [0.15, 0.2) is 0 Å². The minimum Gasteiger partial charge on any atom is -0.395 e. The Hall–Kier alpha value is -2.25. The van der Waals surface area contributed by atoms with Gasteiger partial charge in [0, 0.05) is 30.9 Å². The lowest BCUT2D eigenvalue weighted by Gasteiger charge is -2.02. The Balaban J connectivity index is 2.18. The van der Waals surface area contributed by atoms with Crippen LogP contribution in [0.5, 0.6) is 0 Å². The second-order valence-corrected chi connectivity index (χ2v) is 4.47. The lowest BCUT2D eigenvalue weighted by Crippen LogP contribution is -2.23. The van der Waals surface area contributed by atoms with Crippen LogP contribution in [0.3, 0.4) is 0 Å². The molecule has 0 fully saturated rings. The molecule has 2 aromatic rings. The zero-order valence-corrected chi connectivity index (χ0v) is 11.5. The van der Waals surface area contributed by atoms with Gasteiger partial charge in [0.2, 0.25) is 0 Å². The van der Waals surface area contributed by atoms with Crippen LogP contribution in [-0.2, 0) is 13.1 Å². The quantitative estimate of drug-likeness (QED) is 0.855. The van der Waals surface area contributed by atoms with Crippen molar-refractivity contribution >= 4 is 0 Å². The van der Waals surface area contributed by atoms with E-state index in [1.54, 1.807) is 21.5 Å². The highest BCUT2D eigenvalue weighted by Gasteiger charge is 2.02. The van der Waals surface area contributed by atoms with E-state index in [2.05, 4.69) is 11.8 Å². The lowest BCUT2D eigenvalue weighted by molar-refractivity contribution is 0.305. The van der Waals surface area contributed by atoms with Gasteiger partial charge in [-0.25, -0.2) is 4.79 Å². The summed E-state index contributed by atoms with van der Waals surface area (Å²) in [5.41, 5.74) is 1.94. The Labute approximate surface area is 118 Å². The number of aliphatic hydroxyl groups is 1. The van der Waals surface area contributed by atoms with Crippen molar-refractivity contribution in [3.63, 3.8) is 0 Å². The summed E-state index contributed by atoms with van der Waals surface area (Å²) in [6.45, 7) is 3.25. The maximum absolute atomic E-state index is 12.0. The van der Waals surface area contributed by atoms with Gasteiger partial charge in [-0.1, -0.05) is 24.0 Å². The number of aliphatic hydroxyl groups excluding tert-OH is 1. The van der Waals surface area contributed by atoms with E-state index >= 15 is 0 Å². The van der Waals surface area contributed by atoms with E-state index in [4.69, 9.17) is 5.11 Å². The molecule has 4 nitrogen and oxygen atoms in total. The Bertz CT molecular complexity index is 686. The molecule has 0 unspecified atom stereocenters. The highest BCUT2D eigenvalue weighted by Crippen LogP contribution is 2.05. The van der Waals surface area contributed by atoms with Crippen molar-refractivity contribution < 1.29 is 5.11 Å². The predicted molar refractivity (Wildman–Crippen MR) is 78.5 cm³/mol. The lowest BCUT2D eigenvalue weighted by atomic mass is 10.1. The van der Waals surface area contributed by atoms with E-state index in [9.17, 15) is 4.79 Å². The third kappa shape index (κ3) is 3.40. The molecule has 1 aromatic heterocycles. The molecule has 0 amide bonds. The summed E-state index contributed by atoms with van der Waals surface area (Å²) in [6, 6.07) is 7.81. The number of imidazole rings is 1. The molecule has 0 aliphatic rings. The second kappa shape index (κ2) is 6.78. The Morgan fingerprint density at radius 1 is 1.25 bits per heavy atom. The van der Waals surface area contributed by atoms with Crippen LogP contribution in [0.1, 0.15) is 24.5 Å². The summed E-state index contributed by atoms with van der Waals surface area (Å²) < 4.78 is 3.36. The van der Waals surface area contributed by atoms with Crippen molar-refractivity contribution in [1.82, 2.24) is 9.13 Å². The molecule has 0 aliphatic carbocycles. The maximum atomic E-state index is 12.0. The number of aryl methyl sites for hydroxylation is 1.